The molecule has 1 N–H and O–H groups in total. The first kappa shape index (κ1) is 16.1. The van der Waals surface area contributed by atoms with E-state index in [2.05, 4.69) is 20.2 Å². The van der Waals surface area contributed by atoms with E-state index in [1.807, 2.05) is 0 Å². The van der Waals surface area contributed by atoms with Gasteiger partial charge in [-0.15, -0.1) is 0 Å². The quantitative estimate of drug-likeness (QED) is 0.871. The average molecular weight is 328 g/mol. The van der Waals surface area contributed by atoms with Crippen molar-refractivity contribution in [3.63, 3.8) is 0 Å². The third-order valence-electron chi connectivity index (χ3n) is 3.54. The van der Waals surface area contributed by atoms with Gasteiger partial charge in [-0.3, -0.25) is 4.79 Å². The van der Waals surface area contributed by atoms with E-state index >= 15 is 0 Å². The first-order chi connectivity index (χ1) is 11.7. The molecule has 1 aliphatic rings. The molecule has 6 nitrogen and oxygen atoms in total. The fraction of sp³-hybridized carbons (Fsp3) is 0.235. The van der Waals surface area contributed by atoms with Gasteiger partial charge in [0.25, 0.3) is 0 Å². The van der Waals surface area contributed by atoms with Crippen LogP contribution in [0.5, 0.6) is 0 Å². The van der Waals surface area contributed by atoms with Gasteiger partial charge in [0, 0.05) is 25.2 Å². The number of halogens is 1. The van der Waals surface area contributed by atoms with Crippen molar-refractivity contribution in [3.8, 4) is 0 Å². The molecular weight excluding hydrogens is 311 g/mol. The lowest BCUT2D eigenvalue weighted by Gasteiger charge is -2.27. The third kappa shape index (κ3) is 4.36. The van der Waals surface area contributed by atoms with Crippen LogP contribution in [-0.4, -0.2) is 42.2 Å². The maximum atomic E-state index is 12.8. The largest absolute Gasteiger partial charge is 0.378 e. The Bertz CT molecular complexity index is 728. The second-order valence-electron chi connectivity index (χ2n) is 5.24. The van der Waals surface area contributed by atoms with Gasteiger partial charge in [0.15, 0.2) is 0 Å². The number of ether oxygens (including phenoxy) is 1. The van der Waals surface area contributed by atoms with Crippen molar-refractivity contribution >= 4 is 23.6 Å². The van der Waals surface area contributed by atoms with Gasteiger partial charge in [-0.1, -0.05) is 12.1 Å². The summed E-state index contributed by atoms with van der Waals surface area (Å²) in [6.07, 6.45) is 4.41. The van der Waals surface area contributed by atoms with E-state index < -0.39 is 0 Å². The van der Waals surface area contributed by atoms with Crippen molar-refractivity contribution in [1.29, 1.82) is 0 Å². The number of carbonyl (C=O) groups is 1. The number of aromatic nitrogens is 2. The fourth-order valence-corrected chi connectivity index (χ4v) is 2.29. The predicted molar refractivity (Wildman–Crippen MR) is 89.1 cm³/mol. The number of nitrogens with zero attached hydrogens (tertiary/aromatic N) is 3. The number of morpholine rings is 1. The minimum absolute atomic E-state index is 0.312. The highest BCUT2D eigenvalue weighted by atomic mass is 19.1. The Morgan fingerprint density at radius 2 is 1.96 bits per heavy atom. The minimum atomic E-state index is -0.314. The second kappa shape index (κ2) is 7.65. The molecule has 0 unspecified atom stereocenters. The lowest BCUT2D eigenvalue weighted by atomic mass is 10.2. The van der Waals surface area contributed by atoms with Gasteiger partial charge in [-0.2, -0.15) is 0 Å². The molecule has 1 amide bonds. The Kier molecular flexibility index (Phi) is 5.12. The van der Waals surface area contributed by atoms with E-state index in [1.165, 1.54) is 24.5 Å². The molecule has 0 atom stereocenters. The number of rotatable bonds is 4. The summed E-state index contributed by atoms with van der Waals surface area (Å²) in [7, 11) is 0. The Labute approximate surface area is 139 Å². The second-order valence-corrected chi connectivity index (χ2v) is 5.24. The number of hydrogen-bond acceptors (Lipinski definition) is 5. The number of benzene rings is 1. The number of carbonyl (C=O) groups excluding carboxylic acids is 1. The summed E-state index contributed by atoms with van der Waals surface area (Å²) in [5, 5.41) is 2.69. The predicted octanol–water partition coefficient (Wildman–Crippen LogP) is 2.10. The third-order valence-corrected chi connectivity index (χ3v) is 3.54. The maximum absolute atomic E-state index is 12.8. The zero-order valence-electron chi connectivity index (χ0n) is 13.0. The van der Waals surface area contributed by atoms with Crippen molar-refractivity contribution in [1.82, 2.24) is 9.97 Å². The van der Waals surface area contributed by atoms with Crippen molar-refractivity contribution in [3.05, 3.63) is 54.1 Å². The van der Waals surface area contributed by atoms with Gasteiger partial charge in [-0.25, -0.2) is 14.4 Å². The van der Waals surface area contributed by atoms with Gasteiger partial charge < -0.3 is 15.0 Å². The van der Waals surface area contributed by atoms with E-state index in [0.717, 1.165) is 24.5 Å². The van der Waals surface area contributed by atoms with Crippen LogP contribution in [0.3, 0.4) is 0 Å². The highest BCUT2D eigenvalue weighted by Gasteiger charge is 2.13. The van der Waals surface area contributed by atoms with Crippen LogP contribution >= 0.6 is 0 Å². The van der Waals surface area contributed by atoms with Gasteiger partial charge in [0.05, 0.1) is 13.2 Å². The van der Waals surface area contributed by atoms with Crippen LogP contribution in [0.4, 0.5) is 16.0 Å². The first-order valence-corrected chi connectivity index (χ1v) is 7.60. The lowest BCUT2D eigenvalue weighted by molar-refractivity contribution is -0.111. The van der Waals surface area contributed by atoms with Crippen molar-refractivity contribution < 1.29 is 13.9 Å². The topological polar surface area (TPSA) is 67.4 Å². The molecule has 0 aliphatic carbocycles. The summed E-state index contributed by atoms with van der Waals surface area (Å²) in [6, 6.07) is 7.61. The van der Waals surface area contributed by atoms with Crippen LogP contribution in [0.2, 0.25) is 0 Å². The van der Waals surface area contributed by atoms with Crippen LogP contribution in [0.25, 0.3) is 6.08 Å². The van der Waals surface area contributed by atoms with Crippen LogP contribution in [0, 0.1) is 5.82 Å². The van der Waals surface area contributed by atoms with Crippen molar-refractivity contribution in [2.24, 2.45) is 0 Å². The molecule has 2 heterocycles. The molecule has 1 aromatic heterocycles. The zero-order valence-corrected chi connectivity index (χ0v) is 13.0. The highest BCUT2D eigenvalue weighted by Crippen LogP contribution is 2.15. The van der Waals surface area contributed by atoms with Crippen molar-refractivity contribution in [2.75, 3.05) is 36.5 Å². The van der Waals surface area contributed by atoms with Gasteiger partial charge >= 0.3 is 0 Å². The van der Waals surface area contributed by atoms with E-state index in [9.17, 15) is 9.18 Å². The highest BCUT2D eigenvalue weighted by molar-refractivity contribution is 6.01. The smallest absolute Gasteiger partial charge is 0.249 e. The molecule has 24 heavy (non-hydrogen) atoms. The summed E-state index contributed by atoms with van der Waals surface area (Å²) in [5.74, 6) is 0.561. The molecule has 0 spiro atoms. The van der Waals surface area contributed by atoms with Gasteiger partial charge in [0.1, 0.15) is 23.8 Å². The van der Waals surface area contributed by atoms with Gasteiger partial charge in [-0.05, 0) is 23.8 Å². The van der Waals surface area contributed by atoms with Crippen LogP contribution in [0.15, 0.2) is 42.7 Å². The summed E-state index contributed by atoms with van der Waals surface area (Å²) in [5.41, 5.74) is 0.739. The van der Waals surface area contributed by atoms with E-state index in [-0.39, 0.29) is 11.7 Å². The SMILES string of the molecule is O=C(/C=C/c1ccc(F)cc1)Nc1cc(N2CCOCC2)ncn1. The Morgan fingerprint density at radius 1 is 1.21 bits per heavy atom. The molecule has 1 fully saturated rings. The maximum Gasteiger partial charge on any atom is 0.249 e. The average Bonchev–Trinajstić information content (AvgIpc) is 2.62. The van der Waals surface area contributed by atoms with E-state index in [4.69, 9.17) is 4.74 Å². The standard InChI is InChI=1S/C17H17FN4O2/c18-14-4-1-13(2-5-14)3-6-17(23)21-15-11-16(20-12-19-15)22-7-9-24-10-8-22/h1-6,11-12H,7-10H2,(H,19,20,21,23)/b6-3+. The fourth-order valence-electron chi connectivity index (χ4n) is 2.29. The molecule has 2 aromatic rings. The zero-order chi connectivity index (χ0) is 16.8. The minimum Gasteiger partial charge on any atom is -0.378 e. The summed E-state index contributed by atoms with van der Waals surface area (Å²) in [6.45, 7) is 2.84. The Balaban J connectivity index is 1.62. The summed E-state index contributed by atoms with van der Waals surface area (Å²) >= 11 is 0. The number of anilines is 2. The molecule has 1 aromatic carbocycles. The Hall–Kier alpha value is -2.80. The van der Waals surface area contributed by atoms with Crippen LogP contribution < -0.4 is 10.2 Å². The number of nitrogens with one attached hydrogen (secondary N) is 1. The lowest BCUT2D eigenvalue weighted by Crippen LogP contribution is -2.36. The monoisotopic (exact) mass is 328 g/mol. The van der Waals surface area contributed by atoms with Crippen LogP contribution in [-0.2, 0) is 9.53 Å². The Morgan fingerprint density at radius 3 is 2.71 bits per heavy atom. The van der Waals surface area contributed by atoms with Crippen molar-refractivity contribution in [2.45, 2.75) is 0 Å². The molecule has 124 valence electrons. The molecular formula is C17H17FN4O2. The first-order valence-electron chi connectivity index (χ1n) is 7.60. The normalized spacial score (nSPS) is 14.8. The number of amides is 1. The number of hydrogen-bond donors (Lipinski definition) is 1. The molecule has 1 aliphatic heterocycles. The van der Waals surface area contributed by atoms with Crippen LogP contribution in [0.1, 0.15) is 5.56 Å². The molecule has 0 radical (unpaired) electrons. The summed E-state index contributed by atoms with van der Waals surface area (Å²) in [4.78, 5) is 22.3. The molecule has 1 saturated heterocycles. The van der Waals surface area contributed by atoms with E-state index in [1.54, 1.807) is 24.3 Å². The molecule has 7 heteroatoms. The summed E-state index contributed by atoms with van der Waals surface area (Å²) < 4.78 is 18.1. The molecule has 0 saturated carbocycles. The molecule has 3 rings (SSSR count). The van der Waals surface area contributed by atoms with Gasteiger partial charge in [0.2, 0.25) is 5.91 Å². The van der Waals surface area contributed by atoms with E-state index in [0.29, 0.717) is 19.0 Å². The molecule has 0 bridgehead atoms.